The maximum absolute atomic E-state index is 11.6. The van der Waals surface area contributed by atoms with Crippen LogP contribution in [0.2, 0.25) is 0 Å². The van der Waals surface area contributed by atoms with Gasteiger partial charge < -0.3 is 9.30 Å². The van der Waals surface area contributed by atoms with Crippen molar-refractivity contribution in [1.82, 2.24) is 4.57 Å². The number of hydrogen-bond donors (Lipinski definition) is 0. The Morgan fingerprint density at radius 2 is 2.28 bits per heavy atom. The molecule has 0 bridgehead atoms. The van der Waals surface area contributed by atoms with Gasteiger partial charge in [0.1, 0.15) is 5.69 Å². The third-order valence-electron chi connectivity index (χ3n) is 2.82. The van der Waals surface area contributed by atoms with Crippen LogP contribution in [0.1, 0.15) is 44.1 Å². The van der Waals surface area contributed by atoms with E-state index in [4.69, 9.17) is 10.00 Å². The van der Waals surface area contributed by atoms with Crippen LogP contribution >= 0.6 is 0 Å². The number of esters is 1. The van der Waals surface area contributed by atoms with Gasteiger partial charge in [-0.15, -0.1) is 0 Å². The summed E-state index contributed by atoms with van der Waals surface area (Å²) in [5.74, 6) is -0.290. The lowest BCUT2D eigenvalue weighted by Crippen LogP contribution is -2.14. The monoisotopic (exact) mass is 248 g/mol. The number of rotatable bonds is 6. The van der Waals surface area contributed by atoms with Crippen LogP contribution in [0.4, 0.5) is 0 Å². The minimum atomic E-state index is -0.308. The lowest BCUT2D eigenvalue weighted by atomic mass is 9.90. The first kappa shape index (κ1) is 14.3. The Bertz CT molecular complexity index is 441. The molecule has 18 heavy (non-hydrogen) atoms. The summed E-state index contributed by atoms with van der Waals surface area (Å²) in [7, 11) is 0. The Morgan fingerprint density at radius 1 is 1.56 bits per heavy atom. The van der Waals surface area contributed by atoms with Crippen LogP contribution in [0.5, 0.6) is 0 Å². The lowest BCUT2D eigenvalue weighted by molar-refractivity contribution is 0.0513. The van der Waals surface area contributed by atoms with Crippen LogP contribution in [-0.4, -0.2) is 17.1 Å². The van der Waals surface area contributed by atoms with Crippen molar-refractivity contribution in [2.45, 2.75) is 40.2 Å². The summed E-state index contributed by atoms with van der Waals surface area (Å²) in [6, 6.07) is 5.87. The van der Waals surface area contributed by atoms with Crippen LogP contribution in [0.15, 0.2) is 18.3 Å². The SMILES string of the molecule is CCOC(=O)c1cccn1CCCC(C)(C)C#N. The second-order valence-corrected chi connectivity index (χ2v) is 4.91. The molecule has 1 rings (SSSR count). The molecule has 4 nitrogen and oxygen atoms in total. The topological polar surface area (TPSA) is 55.0 Å². The van der Waals surface area contributed by atoms with Gasteiger partial charge in [-0.1, -0.05) is 0 Å². The van der Waals surface area contributed by atoms with E-state index in [-0.39, 0.29) is 11.4 Å². The zero-order valence-electron chi connectivity index (χ0n) is 11.3. The quantitative estimate of drug-likeness (QED) is 0.727. The summed E-state index contributed by atoms with van der Waals surface area (Å²) in [4.78, 5) is 11.6. The summed E-state index contributed by atoms with van der Waals surface area (Å²) in [5.41, 5.74) is 0.267. The predicted octanol–water partition coefficient (Wildman–Crippen LogP) is 2.99. The van der Waals surface area contributed by atoms with E-state index in [1.165, 1.54) is 0 Å². The van der Waals surface area contributed by atoms with Gasteiger partial charge in [-0.05, 0) is 45.7 Å². The number of hydrogen-bond acceptors (Lipinski definition) is 3. The van der Waals surface area contributed by atoms with E-state index in [1.807, 2.05) is 30.7 Å². The second-order valence-electron chi connectivity index (χ2n) is 4.91. The van der Waals surface area contributed by atoms with Crippen molar-refractivity contribution in [3.8, 4) is 6.07 Å². The molecule has 0 saturated heterocycles. The molecular weight excluding hydrogens is 228 g/mol. The molecule has 1 aromatic heterocycles. The highest BCUT2D eigenvalue weighted by atomic mass is 16.5. The number of aryl methyl sites for hydroxylation is 1. The van der Waals surface area contributed by atoms with E-state index in [9.17, 15) is 4.79 Å². The van der Waals surface area contributed by atoms with E-state index in [0.717, 1.165) is 19.4 Å². The molecule has 98 valence electrons. The van der Waals surface area contributed by atoms with Crippen molar-refractivity contribution >= 4 is 5.97 Å². The third-order valence-corrected chi connectivity index (χ3v) is 2.82. The Morgan fingerprint density at radius 3 is 2.89 bits per heavy atom. The number of carbonyl (C=O) groups is 1. The molecule has 0 fully saturated rings. The van der Waals surface area contributed by atoms with Gasteiger partial charge in [0.05, 0.1) is 18.1 Å². The minimum Gasteiger partial charge on any atom is -0.461 e. The molecule has 0 aliphatic heterocycles. The molecular formula is C14H20N2O2. The number of carbonyl (C=O) groups excluding carboxylic acids is 1. The van der Waals surface area contributed by atoms with Gasteiger partial charge in [-0.3, -0.25) is 0 Å². The van der Waals surface area contributed by atoms with Gasteiger partial charge in [0.25, 0.3) is 0 Å². The Hall–Kier alpha value is -1.76. The van der Waals surface area contributed by atoms with E-state index in [1.54, 1.807) is 13.0 Å². The fraction of sp³-hybridized carbons (Fsp3) is 0.571. The van der Waals surface area contributed by atoms with E-state index in [0.29, 0.717) is 12.3 Å². The largest absolute Gasteiger partial charge is 0.461 e. The van der Waals surface area contributed by atoms with Crippen molar-refractivity contribution in [1.29, 1.82) is 5.26 Å². The summed E-state index contributed by atoms with van der Waals surface area (Å²) in [6.45, 7) is 6.75. The van der Waals surface area contributed by atoms with Gasteiger partial charge in [-0.2, -0.15) is 5.26 Å². The fourth-order valence-electron chi connectivity index (χ4n) is 1.75. The average Bonchev–Trinajstić information content (AvgIpc) is 2.77. The molecule has 0 amide bonds. The Kier molecular flexibility index (Phi) is 4.96. The number of nitrogens with zero attached hydrogens (tertiary/aromatic N) is 2. The number of nitriles is 1. The normalized spacial score (nSPS) is 11.0. The molecule has 0 aliphatic carbocycles. The standard InChI is InChI=1S/C14H20N2O2/c1-4-18-13(17)12-7-5-9-16(12)10-6-8-14(2,3)11-15/h5,7,9H,4,6,8,10H2,1-3H3. The zero-order valence-corrected chi connectivity index (χ0v) is 11.3. The highest BCUT2D eigenvalue weighted by molar-refractivity contribution is 5.87. The van der Waals surface area contributed by atoms with Crippen molar-refractivity contribution in [2.75, 3.05) is 6.61 Å². The number of ether oxygens (including phenoxy) is 1. The van der Waals surface area contributed by atoms with Gasteiger partial charge in [0.2, 0.25) is 0 Å². The molecule has 0 unspecified atom stereocenters. The van der Waals surface area contributed by atoms with E-state index in [2.05, 4.69) is 6.07 Å². The van der Waals surface area contributed by atoms with Crippen LogP contribution in [0.3, 0.4) is 0 Å². The first-order valence-electron chi connectivity index (χ1n) is 6.23. The minimum absolute atomic E-state index is 0.290. The van der Waals surface area contributed by atoms with Crippen LogP contribution < -0.4 is 0 Å². The van der Waals surface area contributed by atoms with E-state index >= 15 is 0 Å². The highest BCUT2D eigenvalue weighted by Gasteiger charge is 2.17. The van der Waals surface area contributed by atoms with Gasteiger partial charge in [-0.25, -0.2) is 4.79 Å². The summed E-state index contributed by atoms with van der Waals surface area (Å²) in [5, 5.41) is 8.93. The van der Waals surface area contributed by atoms with Crippen LogP contribution in [0.25, 0.3) is 0 Å². The maximum atomic E-state index is 11.6. The molecule has 0 N–H and O–H groups in total. The molecule has 1 heterocycles. The molecule has 0 spiro atoms. The molecule has 1 aromatic rings. The first-order chi connectivity index (χ1) is 8.50. The third kappa shape index (κ3) is 3.92. The molecule has 0 aliphatic rings. The lowest BCUT2D eigenvalue weighted by Gasteiger charge is -2.15. The van der Waals surface area contributed by atoms with Crippen LogP contribution in [0, 0.1) is 16.7 Å². The summed E-state index contributed by atoms with van der Waals surface area (Å²) in [6.07, 6.45) is 3.54. The average molecular weight is 248 g/mol. The van der Waals surface area contributed by atoms with Gasteiger partial charge in [0, 0.05) is 12.7 Å². The summed E-state index contributed by atoms with van der Waals surface area (Å²) < 4.78 is 6.86. The Labute approximate surface area is 108 Å². The predicted molar refractivity (Wildman–Crippen MR) is 69.0 cm³/mol. The highest BCUT2D eigenvalue weighted by Crippen LogP contribution is 2.21. The fourth-order valence-corrected chi connectivity index (χ4v) is 1.75. The van der Waals surface area contributed by atoms with E-state index < -0.39 is 0 Å². The molecule has 0 aromatic carbocycles. The molecule has 0 atom stereocenters. The summed E-state index contributed by atoms with van der Waals surface area (Å²) >= 11 is 0. The first-order valence-corrected chi connectivity index (χ1v) is 6.23. The van der Waals surface area contributed by atoms with Gasteiger partial charge >= 0.3 is 5.97 Å². The molecule has 0 saturated carbocycles. The zero-order chi connectivity index (χ0) is 13.6. The Balaban J connectivity index is 2.56. The maximum Gasteiger partial charge on any atom is 0.354 e. The van der Waals surface area contributed by atoms with Crippen molar-refractivity contribution in [3.63, 3.8) is 0 Å². The van der Waals surface area contributed by atoms with Crippen molar-refractivity contribution < 1.29 is 9.53 Å². The second kappa shape index (κ2) is 6.25. The van der Waals surface area contributed by atoms with Gasteiger partial charge in [0.15, 0.2) is 0 Å². The smallest absolute Gasteiger partial charge is 0.354 e. The number of aromatic nitrogens is 1. The van der Waals surface area contributed by atoms with Crippen molar-refractivity contribution in [3.05, 3.63) is 24.0 Å². The molecule has 0 radical (unpaired) electrons. The van der Waals surface area contributed by atoms with Crippen molar-refractivity contribution in [2.24, 2.45) is 5.41 Å². The van der Waals surface area contributed by atoms with Crippen LogP contribution in [-0.2, 0) is 11.3 Å². The molecule has 4 heteroatoms.